The van der Waals surface area contributed by atoms with Crippen LogP contribution in [0, 0.1) is 19.8 Å². The van der Waals surface area contributed by atoms with Gasteiger partial charge < -0.3 is 20.3 Å². The van der Waals surface area contributed by atoms with Gasteiger partial charge in [-0.1, -0.05) is 74.0 Å². The number of nitrogens with one attached hydrogen (secondary N) is 2. The number of benzene rings is 3. The van der Waals surface area contributed by atoms with Crippen molar-refractivity contribution in [1.82, 2.24) is 10.2 Å². The van der Waals surface area contributed by atoms with Gasteiger partial charge >= 0.3 is 6.09 Å². The molecule has 0 aliphatic carbocycles. The fourth-order valence-electron chi connectivity index (χ4n) is 4.65. The van der Waals surface area contributed by atoms with Crippen molar-refractivity contribution in [2.75, 3.05) is 11.9 Å². The summed E-state index contributed by atoms with van der Waals surface area (Å²) in [5.41, 5.74) is 2.51. The molecule has 0 heterocycles. The molecule has 0 aliphatic rings. The number of ether oxygens (including phenoxy) is 1. The lowest BCUT2D eigenvalue weighted by Gasteiger charge is -2.35. The van der Waals surface area contributed by atoms with E-state index in [1.165, 1.54) is 4.90 Å². The third kappa shape index (κ3) is 7.72. The highest BCUT2D eigenvalue weighted by molar-refractivity contribution is 6.00. The van der Waals surface area contributed by atoms with E-state index in [9.17, 15) is 14.4 Å². The number of amides is 3. The molecule has 7 heteroatoms. The number of hydrogen-bond acceptors (Lipinski definition) is 4. The predicted molar refractivity (Wildman–Crippen MR) is 161 cm³/mol. The van der Waals surface area contributed by atoms with Gasteiger partial charge in [0, 0.05) is 12.2 Å². The van der Waals surface area contributed by atoms with Gasteiger partial charge in [-0.15, -0.1) is 6.58 Å². The van der Waals surface area contributed by atoms with Crippen LogP contribution in [0.2, 0.25) is 0 Å². The topological polar surface area (TPSA) is 87.7 Å². The number of fused-ring (bicyclic) bond motifs is 1. The number of carbonyl (C=O) groups is 3. The van der Waals surface area contributed by atoms with Crippen LogP contribution in [0.15, 0.2) is 73.3 Å². The van der Waals surface area contributed by atoms with Gasteiger partial charge in [-0.25, -0.2) is 4.79 Å². The van der Waals surface area contributed by atoms with Crippen LogP contribution in [0.1, 0.15) is 57.4 Å². The summed E-state index contributed by atoms with van der Waals surface area (Å²) in [4.78, 5) is 42.3. The van der Waals surface area contributed by atoms with Crippen molar-refractivity contribution in [2.45, 2.75) is 66.2 Å². The fourth-order valence-corrected chi connectivity index (χ4v) is 4.65. The predicted octanol–water partition coefficient (Wildman–Crippen LogP) is 6.70. The Morgan fingerprint density at radius 2 is 1.65 bits per heavy atom. The lowest BCUT2D eigenvalue weighted by atomic mass is 9.95. The van der Waals surface area contributed by atoms with Gasteiger partial charge in [0.15, 0.2) is 0 Å². The molecule has 0 radical (unpaired) electrons. The molecule has 0 bridgehead atoms. The Balaban J connectivity index is 2.04. The van der Waals surface area contributed by atoms with Crippen LogP contribution in [-0.4, -0.2) is 41.0 Å². The molecule has 2 unspecified atom stereocenters. The number of aryl methyl sites for hydroxylation is 2. The zero-order chi connectivity index (χ0) is 29.6. The second-order valence-corrected chi connectivity index (χ2v) is 11.5. The third-order valence-electron chi connectivity index (χ3n) is 6.51. The molecule has 3 amide bonds. The van der Waals surface area contributed by atoms with E-state index in [0.29, 0.717) is 11.3 Å². The molecule has 0 spiro atoms. The first-order valence-electron chi connectivity index (χ1n) is 13.6. The minimum atomic E-state index is -0.973. The summed E-state index contributed by atoms with van der Waals surface area (Å²) < 4.78 is 5.43. The maximum Gasteiger partial charge on any atom is 0.408 e. The number of alkyl carbamates (subject to hydrolysis) is 1. The van der Waals surface area contributed by atoms with Crippen molar-refractivity contribution in [1.29, 1.82) is 0 Å². The fraction of sp³-hybridized carbons (Fsp3) is 0.364. The Hall–Kier alpha value is -4.13. The Labute approximate surface area is 237 Å². The Kier molecular flexibility index (Phi) is 9.74. The van der Waals surface area contributed by atoms with Gasteiger partial charge in [-0.2, -0.15) is 0 Å². The largest absolute Gasteiger partial charge is 0.444 e. The van der Waals surface area contributed by atoms with Gasteiger partial charge in [-0.05, 0) is 74.6 Å². The molecule has 3 aromatic carbocycles. The van der Waals surface area contributed by atoms with Crippen molar-refractivity contribution in [3.05, 3.63) is 90.0 Å². The van der Waals surface area contributed by atoms with Crippen LogP contribution < -0.4 is 10.6 Å². The van der Waals surface area contributed by atoms with E-state index in [-0.39, 0.29) is 18.4 Å². The van der Waals surface area contributed by atoms with Crippen LogP contribution in [-0.2, 0) is 14.3 Å². The normalized spacial score (nSPS) is 12.9. The Bertz CT molecular complexity index is 1390. The van der Waals surface area contributed by atoms with Crippen LogP contribution in [0.25, 0.3) is 10.8 Å². The molecule has 0 saturated carbocycles. The number of nitrogens with zero attached hydrogens (tertiary/aromatic N) is 1. The molecule has 0 aromatic heterocycles. The van der Waals surface area contributed by atoms with Gasteiger partial charge in [0.05, 0.1) is 0 Å². The summed E-state index contributed by atoms with van der Waals surface area (Å²) in [6, 6.07) is 17.5. The number of carbonyl (C=O) groups excluding carboxylic acids is 3. The van der Waals surface area contributed by atoms with E-state index >= 15 is 0 Å². The second-order valence-electron chi connectivity index (χ2n) is 11.5. The van der Waals surface area contributed by atoms with E-state index in [4.69, 9.17) is 4.74 Å². The van der Waals surface area contributed by atoms with Crippen LogP contribution in [0.3, 0.4) is 0 Å². The smallest absolute Gasteiger partial charge is 0.408 e. The first kappa shape index (κ1) is 30.4. The van der Waals surface area contributed by atoms with E-state index in [1.54, 1.807) is 26.8 Å². The van der Waals surface area contributed by atoms with Crippen LogP contribution in [0.5, 0.6) is 0 Å². The molecule has 0 saturated heterocycles. The first-order valence-corrected chi connectivity index (χ1v) is 13.6. The highest BCUT2D eigenvalue weighted by atomic mass is 16.6. The molecule has 3 aromatic rings. The molecule has 0 aliphatic heterocycles. The highest BCUT2D eigenvalue weighted by Gasteiger charge is 2.37. The van der Waals surface area contributed by atoms with Gasteiger partial charge in [0.25, 0.3) is 5.91 Å². The maximum atomic E-state index is 14.1. The molecule has 2 N–H and O–H groups in total. The van der Waals surface area contributed by atoms with E-state index in [2.05, 4.69) is 17.2 Å². The second kappa shape index (κ2) is 12.8. The molecule has 2 atom stereocenters. The molecular weight excluding hydrogens is 502 g/mol. The summed E-state index contributed by atoms with van der Waals surface area (Å²) in [6.07, 6.45) is 0.893. The zero-order valence-corrected chi connectivity index (χ0v) is 24.6. The lowest BCUT2D eigenvalue weighted by Crippen LogP contribution is -2.54. The van der Waals surface area contributed by atoms with Crippen molar-refractivity contribution < 1.29 is 19.1 Å². The average molecular weight is 544 g/mol. The monoisotopic (exact) mass is 543 g/mol. The van der Waals surface area contributed by atoms with Crippen molar-refractivity contribution in [3.8, 4) is 0 Å². The lowest BCUT2D eigenvalue weighted by molar-refractivity contribution is -0.141. The van der Waals surface area contributed by atoms with Gasteiger partial charge in [0.2, 0.25) is 5.91 Å². The Morgan fingerprint density at radius 3 is 2.25 bits per heavy atom. The quantitative estimate of drug-likeness (QED) is 0.294. The molecule has 7 nitrogen and oxygen atoms in total. The number of rotatable bonds is 9. The molecule has 3 rings (SSSR count). The average Bonchev–Trinajstić information content (AvgIpc) is 2.86. The number of hydrogen-bond donors (Lipinski definition) is 2. The SMILES string of the molecule is C=CCN(C(=O)C(NC(=O)OC(C)(C)C)C(C)C)C(C(=O)Nc1ccc2ccccc2c1)c1ccc(C)cc1C. The third-order valence-corrected chi connectivity index (χ3v) is 6.51. The van der Waals surface area contributed by atoms with Gasteiger partial charge in [-0.3, -0.25) is 9.59 Å². The summed E-state index contributed by atoms with van der Waals surface area (Å²) in [7, 11) is 0. The van der Waals surface area contributed by atoms with Crippen molar-refractivity contribution >= 4 is 34.4 Å². The summed E-state index contributed by atoms with van der Waals surface area (Å²) in [6.45, 7) is 16.8. The maximum absolute atomic E-state index is 14.1. The minimum absolute atomic E-state index is 0.0984. The van der Waals surface area contributed by atoms with Crippen molar-refractivity contribution in [3.63, 3.8) is 0 Å². The van der Waals surface area contributed by atoms with Crippen LogP contribution in [0.4, 0.5) is 10.5 Å². The summed E-state index contributed by atoms with van der Waals surface area (Å²) in [5.74, 6) is -1.03. The van der Waals surface area contributed by atoms with E-state index in [0.717, 1.165) is 21.9 Å². The minimum Gasteiger partial charge on any atom is -0.444 e. The standard InChI is InChI=1S/C33H41N3O4/c1-9-18-36(31(38)28(21(2)3)35-32(39)40-33(6,7)8)29(27-17-14-22(4)19-23(27)5)30(37)34-26-16-15-24-12-10-11-13-25(24)20-26/h9-17,19-21,28-29H,1,18H2,2-8H3,(H,34,37)(H,35,39). The highest BCUT2D eigenvalue weighted by Crippen LogP contribution is 2.29. The molecule has 40 heavy (non-hydrogen) atoms. The summed E-state index contributed by atoms with van der Waals surface area (Å²) in [5, 5.41) is 7.81. The van der Waals surface area contributed by atoms with E-state index < -0.39 is 29.7 Å². The van der Waals surface area contributed by atoms with Crippen LogP contribution >= 0.6 is 0 Å². The number of anilines is 1. The Morgan fingerprint density at radius 1 is 0.975 bits per heavy atom. The van der Waals surface area contributed by atoms with Crippen molar-refractivity contribution in [2.24, 2.45) is 5.92 Å². The molecular formula is C33H41N3O4. The van der Waals surface area contributed by atoms with E-state index in [1.807, 2.05) is 88.4 Å². The summed E-state index contributed by atoms with van der Waals surface area (Å²) >= 11 is 0. The van der Waals surface area contributed by atoms with Gasteiger partial charge in [0.1, 0.15) is 17.7 Å². The first-order chi connectivity index (χ1) is 18.8. The molecule has 212 valence electrons. The molecule has 0 fully saturated rings. The zero-order valence-electron chi connectivity index (χ0n) is 24.6.